The van der Waals surface area contributed by atoms with Crippen LogP contribution in [0.2, 0.25) is 5.02 Å². The van der Waals surface area contributed by atoms with Crippen LogP contribution in [0.4, 0.5) is 0 Å². The Morgan fingerprint density at radius 2 is 2.05 bits per heavy atom. The number of carbonyl (C=O) groups is 1. The van der Waals surface area contributed by atoms with Crippen molar-refractivity contribution in [2.24, 2.45) is 0 Å². The van der Waals surface area contributed by atoms with Crippen molar-refractivity contribution in [1.29, 1.82) is 5.26 Å². The fraction of sp³-hybridized carbons (Fsp3) is 0.375. The molecule has 0 aliphatic carbocycles. The van der Waals surface area contributed by atoms with Crippen molar-refractivity contribution in [2.45, 2.75) is 6.42 Å². The molecule has 1 saturated heterocycles. The lowest BCUT2D eigenvalue weighted by Crippen LogP contribution is -2.46. The maximum atomic E-state index is 12.2. The van der Waals surface area contributed by atoms with Gasteiger partial charge in [0.25, 0.3) is 5.91 Å². The van der Waals surface area contributed by atoms with E-state index >= 15 is 0 Å². The maximum Gasteiger partial charge on any atom is 0.266 e. The highest BCUT2D eigenvalue weighted by Gasteiger charge is 2.19. The van der Waals surface area contributed by atoms with E-state index in [-0.39, 0.29) is 11.5 Å². The van der Waals surface area contributed by atoms with Crippen LogP contribution >= 0.6 is 11.6 Å². The van der Waals surface area contributed by atoms with Crippen molar-refractivity contribution in [2.75, 3.05) is 32.7 Å². The van der Waals surface area contributed by atoms with Gasteiger partial charge in [0, 0.05) is 43.9 Å². The summed E-state index contributed by atoms with van der Waals surface area (Å²) in [6, 6.07) is 9.60. The van der Waals surface area contributed by atoms with Gasteiger partial charge >= 0.3 is 0 Å². The number of nitrogens with zero attached hydrogens (tertiary/aromatic N) is 2. The Balaban J connectivity index is 1.83. The molecule has 5 nitrogen and oxygen atoms in total. The number of hydrogen-bond donors (Lipinski definition) is 2. The summed E-state index contributed by atoms with van der Waals surface area (Å²) < 4.78 is 0. The van der Waals surface area contributed by atoms with Crippen LogP contribution in [-0.2, 0) is 11.2 Å². The van der Waals surface area contributed by atoms with Gasteiger partial charge in [-0.25, -0.2) is 0 Å². The lowest BCUT2D eigenvalue weighted by molar-refractivity contribution is -0.127. The van der Waals surface area contributed by atoms with E-state index in [0.29, 0.717) is 24.7 Å². The average molecular weight is 319 g/mol. The molecule has 0 bridgehead atoms. The number of nitrogens with one attached hydrogen (secondary N) is 2. The van der Waals surface area contributed by atoms with Gasteiger partial charge in [-0.05, 0) is 24.1 Å². The minimum absolute atomic E-state index is 0.151. The molecule has 1 aromatic rings. The van der Waals surface area contributed by atoms with Gasteiger partial charge in [0.2, 0.25) is 0 Å². The Morgan fingerprint density at radius 3 is 2.68 bits per heavy atom. The molecule has 22 heavy (non-hydrogen) atoms. The number of carbonyl (C=O) groups excluding carboxylic acids is 1. The number of hydrogen-bond acceptors (Lipinski definition) is 4. The van der Waals surface area contributed by atoms with E-state index in [4.69, 9.17) is 16.9 Å². The first-order chi connectivity index (χ1) is 10.7. The van der Waals surface area contributed by atoms with Crippen LogP contribution < -0.4 is 10.6 Å². The normalized spacial score (nSPS) is 15.3. The molecule has 0 atom stereocenters. The zero-order valence-corrected chi connectivity index (χ0v) is 13.1. The summed E-state index contributed by atoms with van der Waals surface area (Å²) in [6.07, 6.45) is 2.31. The van der Waals surface area contributed by atoms with Gasteiger partial charge < -0.3 is 15.5 Å². The third kappa shape index (κ3) is 4.76. The molecule has 1 aliphatic rings. The monoisotopic (exact) mass is 318 g/mol. The molecule has 1 heterocycles. The van der Waals surface area contributed by atoms with Crippen LogP contribution in [-0.4, -0.2) is 43.5 Å². The highest BCUT2D eigenvalue weighted by molar-refractivity contribution is 6.30. The van der Waals surface area contributed by atoms with Crippen molar-refractivity contribution in [1.82, 2.24) is 15.5 Å². The lowest BCUT2D eigenvalue weighted by atomic mass is 10.1. The topological polar surface area (TPSA) is 68.2 Å². The molecule has 6 heteroatoms. The summed E-state index contributed by atoms with van der Waals surface area (Å²) in [5.74, 6) is -0.206. The van der Waals surface area contributed by atoms with E-state index in [2.05, 4.69) is 10.6 Å². The first kappa shape index (κ1) is 16.3. The molecule has 0 spiro atoms. The van der Waals surface area contributed by atoms with Crippen LogP contribution in [0.3, 0.4) is 0 Å². The summed E-state index contributed by atoms with van der Waals surface area (Å²) in [4.78, 5) is 13.9. The fourth-order valence-corrected chi connectivity index (χ4v) is 2.35. The molecular weight excluding hydrogens is 300 g/mol. The zero-order chi connectivity index (χ0) is 15.8. The summed E-state index contributed by atoms with van der Waals surface area (Å²) in [7, 11) is 0. The standard InChI is InChI=1S/C16H19ClN4O/c17-15-3-1-13(2-4-15)5-6-20-12-14(11-18)16(22)21-9-7-19-8-10-21/h1-4,12,19-20H,5-10H2/b14-12-. The van der Waals surface area contributed by atoms with E-state index in [0.717, 1.165) is 25.1 Å². The molecule has 116 valence electrons. The van der Waals surface area contributed by atoms with Gasteiger partial charge in [-0.3, -0.25) is 4.79 Å². The molecule has 1 aliphatic heterocycles. The Hall–Kier alpha value is -2.03. The number of piperazine rings is 1. The minimum Gasteiger partial charge on any atom is -0.389 e. The highest BCUT2D eigenvalue weighted by Crippen LogP contribution is 2.09. The van der Waals surface area contributed by atoms with Crippen molar-refractivity contribution >= 4 is 17.5 Å². The highest BCUT2D eigenvalue weighted by atomic mass is 35.5. The van der Waals surface area contributed by atoms with Crippen LogP contribution in [0.15, 0.2) is 36.0 Å². The second kappa shape index (κ2) is 8.42. The van der Waals surface area contributed by atoms with E-state index < -0.39 is 0 Å². The molecule has 0 aromatic heterocycles. The van der Waals surface area contributed by atoms with E-state index in [1.807, 2.05) is 30.3 Å². The van der Waals surface area contributed by atoms with E-state index in [1.54, 1.807) is 4.90 Å². The second-order valence-electron chi connectivity index (χ2n) is 5.04. The van der Waals surface area contributed by atoms with Crippen LogP contribution in [0, 0.1) is 11.3 Å². The number of nitriles is 1. The Labute approximate surface area is 135 Å². The minimum atomic E-state index is -0.206. The quantitative estimate of drug-likeness (QED) is 0.488. The molecule has 0 unspecified atom stereocenters. The molecule has 1 aromatic carbocycles. The van der Waals surface area contributed by atoms with Crippen molar-refractivity contribution in [3.8, 4) is 6.07 Å². The van der Waals surface area contributed by atoms with Gasteiger partial charge in [-0.2, -0.15) is 5.26 Å². The largest absolute Gasteiger partial charge is 0.389 e. The molecule has 2 rings (SSSR count). The number of rotatable bonds is 5. The third-order valence-electron chi connectivity index (χ3n) is 3.47. The predicted molar refractivity (Wildman–Crippen MR) is 86.3 cm³/mol. The summed E-state index contributed by atoms with van der Waals surface area (Å²) in [5, 5.41) is 16.1. The Bertz CT molecular complexity index is 571. The zero-order valence-electron chi connectivity index (χ0n) is 12.3. The van der Waals surface area contributed by atoms with Crippen LogP contribution in [0.25, 0.3) is 0 Å². The van der Waals surface area contributed by atoms with E-state index in [1.165, 1.54) is 6.20 Å². The first-order valence-electron chi connectivity index (χ1n) is 7.29. The number of benzene rings is 1. The lowest BCUT2D eigenvalue weighted by Gasteiger charge is -2.27. The van der Waals surface area contributed by atoms with Gasteiger partial charge in [-0.1, -0.05) is 23.7 Å². The average Bonchev–Trinajstić information content (AvgIpc) is 2.57. The summed E-state index contributed by atoms with van der Waals surface area (Å²) in [6.45, 7) is 3.48. The van der Waals surface area contributed by atoms with Gasteiger partial charge in [0.1, 0.15) is 11.6 Å². The van der Waals surface area contributed by atoms with Gasteiger partial charge in [0.05, 0.1) is 0 Å². The molecule has 0 saturated carbocycles. The van der Waals surface area contributed by atoms with Crippen molar-refractivity contribution in [3.63, 3.8) is 0 Å². The number of amides is 1. The van der Waals surface area contributed by atoms with E-state index in [9.17, 15) is 4.79 Å². The number of halogens is 1. The first-order valence-corrected chi connectivity index (χ1v) is 7.66. The van der Waals surface area contributed by atoms with Crippen LogP contribution in [0.5, 0.6) is 0 Å². The second-order valence-corrected chi connectivity index (χ2v) is 5.48. The fourth-order valence-electron chi connectivity index (χ4n) is 2.22. The smallest absolute Gasteiger partial charge is 0.266 e. The maximum absolute atomic E-state index is 12.2. The summed E-state index contributed by atoms with van der Waals surface area (Å²) in [5.41, 5.74) is 1.30. The van der Waals surface area contributed by atoms with Crippen molar-refractivity contribution in [3.05, 3.63) is 46.6 Å². The Morgan fingerprint density at radius 1 is 1.36 bits per heavy atom. The molecule has 2 N–H and O–H groups in total. The Kier molecular flexibility index (Phi) is 6.26. The predicted octanol–water partition coefficient (Wildman–Crippen LogP) is 1.31. The molecule has 1 amide bonds. The van der Waals surface area contributed by atoms with Gasteiger partial charge in [0.15, 0.2) is 0 Å². The van der Waals surface area contributed by atoms with Crippen LogP contribution in [0.1, 0.15) is 5.56 Å². The summed E-state index contributed by atoms with van der Waals surface area (Å²) >= 11 is 5.83. The van der Waals surface area contributed by atoms with Crippen molar-refractivity contribution < 1.29 is 4.79 Å². The van der Waals surface area contributed by atoms with Gasteiger partial charge in [-0.15, -0.1) is 0 Å². The molecular formula is C16H19ClN4O. The third-order valence-corrected chi connectivity index (χ3v) is 3.72. The molecule has 1 fully saturated rings. The SMILES string of the molecule is N#C/C(=C/NCCc1ccc(Cl)cc1)C(=O)N1CCNCC1. The molecule has 0 radical (unpaired) electrons.